The predicted molar refractivity (Wildman–Crippen MR) is 105 cm³/mol. The van der Waals surface area contributed by atoms with Crippen molar-refractivity contribution in [2.45, 2.75) is 39.8 Å². The minimum atomic E-state index is -0.357. The van der Waals surface area contributed by atoms with Crippen molar-refractivity contribution in [1.82, 2.24) is 23.1 Å². The Morgan fingerprint density at radius 1 is 1.15 bits per heavy atom. The van der Waals surface area contributed by atoms with E-state index in [4.69, 9.17) is 0 Å². The molecule has 0 fully saturated rings. The average Bonchev–Trinajstić information content (AvgIpc) is 3.18. The summed E-state index contributed by atoms with van der Waals surface area (Å²) in [5, 5.41) is 0. The number of nitrogens with zero attached hydrogens (tertiary/aromatic N) is 5. The van der Waals surface area contributed by atoms with Gasteiger partial charge in [-0.1, -0.05) is 37.3 Å². The second-order valence-corrected chi connectivity index (χ2v) is 7.07. The fourth-order valence-electron chi connectivity index (χ4n) is 3.66. The van der Waals surface area contributed by atoms with Crippen LogP contribution in [0.1, 0.15) is 37.6 Å². The minimum absolute atomic E-state index is 0.237. The molecule has 4 aromatic rings. The monoisotopic (exact) mass is 365 g/mol. The van der Waals surface area contributed by atoms with Gasteiger partial charge in [0.05, 0.1) is 6.54 Å². The van der Waals surface area contributed by atoms with E-state index in [1.165, 1.54) is 9.13 Å². The van der Waals surface area contributed by atoms with Crippen molar-refractivity contribution in [2.24, 2.45) is 7.05 Å². The molecule has 1 aromatic carbocycles. The van der Waals surface area contributed by atoms with Crippen LogP contribution in [0.2, 0.25) is 0 Å². The molecule has 0 saturated heterocycles. The van der Waals surface area contributed by atoms with Crippen molar-refractivity contribution >= 4 is 16.9 Å². The average molecular weight is 365 g/mol. The van der Waals surface area contributed by atoms with E-state index in [-0.39, 0.29) is 23.8 Å². The van der Waals surface area contributed by atoms with Gasteiger partial charge >= 0.3 is 5.69 Å². The lowest BCUT2D eigenvalue weighted by Gasteiger charge is -2.12. The number of hydrogen-bond donors (Lipinski definition) is 0. The molecule has 0 aliphatic carbocycles. The van der Waals surface area contributed by atoms with Crippen LogP contribution in [0.4, 0.5) is 0 Å². The van der Waals surface area contributed by atoms with E-state index in [9.17, 15) is 9.59 Å². The summed E-state index contributed by atoms with van der Waals surface area (Å²) in [6.45, 7) is 6.49. The highest BCUT2D eigenvalue weighted by atomic mass is 16.2. The maximum absolute atomic E-state index is 13.2. The molecule has 4 rings (SSSR count). The molecule has 0 aliphatic rings. The first-order valence-corrected chi connectivity index (χ1v) is 9.17. The van der Waals surface area contributed by atoms with E-state index >= 15 is 0 Å². The van der Waals surface area contributed by atoms with Crippen LogP contribution in [0.15, 0.2) is 46.1 Å². The Hall–Kier alpha value is -3.09. The Morgan fingerprint density at radius 3 is 2.52 bits per heavy atom. The molecule has 0 saturated carbocycles. The van der Waals surface area contributed by atoms with Gasteiger partial charge in [0, 0.05) is 25.0 Å². The molecule has 140 valence electrons. The van der Waals surface area contributed by atoms with Gasteiger partial charge in [-0.2, -0.15) is 4.98 Å². The number of fused-ring (bicyclic) bond motifs is 3. The van der Waals surface area contributed by atoms with E-state index in [1.54, 1.807) is 7.05 Å². The van der Waals surface area contributed by atoms with Gasteiger partial charge in [0.2, 0.25) is 5.78 Å². The SMILES string of the molecule is CCC(C)n1c(C)cn2c3c(=O)n(Cc4ccccc4)c(=O)n(C)c3nc12. The molecule has 7 heteroatoms. The lowest BCUT2D eigenvalue weighted by atomic mass is 10.2. The van der Waals surface area contributed by atoms with E-state index in [2.05, 4.69) is 23.4 Å². The van der Waals surface area contributed by atoms with Crippen molar-refractivity contribution < 1.29 is 0 Å². The van der Waals surface area contributed by atoms with Crippen LogP contribution in [-0.2, 0) is 13.6 Å². The third-order valence-electron chi connectivity index (χ3n) is 5.28. The van der Waals surface area contributed by atoms with Gasteiger partial charge in [-0.25, -0.2) is 4.79 Å². The zero-order valence-corrected chi connectivity index (χ0v) is 16.0. The molecule has 3 aromatic heterocycles. The summed E-state index contributed by atoms with van der Waals surface area (Å²) in [7, 11) is 1.67. The molecule has 1 unspecified atom stereocenters. The van der Waals surface area contributed by atoms with Gasteiger partial charge in [0.25, 0.3) is 5.56 Å². The minimum Gasteiger partial charge on any atom is -0.311 e. The van der Waals surface area contributed by atoms with E-state index in [1.807, 2.05) is 47.9 Å². The first-order chi connectivity index (χ1) is 12.9. The van der Waals surface area contributed by atoms with E-state index < -0.39 is 0 Å². The summed E-state index contributed by atoms with van der Waals surface area (Å²) in [5.41, 5.74) is 2.13. The first kappa shape index (κ1) is 17.3. The number of hydrogen-bond acceptors (Lipinski definition) is 3. The van der Waals surface area contributed by atoms with Gasteiger partial charge in [-0.05, 0) is 25.8 Å². The Morgan fingerprint density at radius 2 is 1.85 bits per heavy atom. The zero-order valence-electron chi connectivity index (χ0n) is 16.0. The molecular weight excluding hydrogens is 342 g/mol. The number of aryl methyl sites for hydroxylation is 2. The highest BCUT2D eigenvalue weighted by Crippen LogP contribution is 2.22. The zero-order chi connectivity index (χ0) is 19.3. The molecule has 27 heavy (non-hydrogen) atoms. The van der Waals surface area contributed by atoms with Gasteiger partial charge in [0.1, 0.15) is 0 Å². The highest BCUT2D eigenvalue weighted by molar-refractivity contribution is 5.75. The first-order valence-electron chi connectivity index (χ1n) is 9.17. The molecule has 0 spiro atoms. The third kappa shape index (κ3) is 2.53. The van der Waals surface area contributed by atoms with E-state index in [0.29, 0.717) is 16.9 Å². The fraction of sp³-hybridized carbons (Fsp3) is 0.350. The summed E-state index contributed by atoms with van der Waals surface area (Å²) in [4.78, 5) is 30.7. The summed E-state index contributed by atoms with van der Waals surface area (Å²) >= 11 is 0. The molecule has 0 bridgehead atoms. The Labute approximate surface area is 156 Å². The maximum Gasteiger partial charge on any atom is 0.332 e. The van der Waals surface area contributed by atoms with Crippen molar-refractivity contribution in [3.63, 3.8) is 0 Å². The standard InChI is InChI=1S/C20H23N5O2/c1-5-13(2)25-14(3)11-23-16-17(21-19(23)25)22(4)20(27)24(18(16)26)12-15-9-7-6-8-10-15/h6-11,13H,5,12H2,1-4H3. The van der Waals surface area contributed by atoms with Crippen LogP contribution >= 0.6 is 0 Å². The van der Waals surface area contributed by atoms with Crippen LogP contribution < -0.4 is 11.2 Å². The number of aromatic nitrogens is 5. The predicted octanol–water partition coefficient (Wildman–Crippen LogP) is 2.48. The molecular formula is C20H23N5O2. The number of rotatable bonds is 4. The number of imidazole rings is 2. The lowest BCUT2D eigenvalue weighted by Crippen LogP contribution is -2.39. The van der Waals surface area contributed by atoms with Gasteiger partial charge in [-0.15, -0.1) is 0 Å². The van der Waals surface area contributed by atoms with Crippen molar-refractivity contribution in [1.29, 1.82) is 0 Å². The van der Waals surface area contributed by atoms with Crippen LogP contribution in [0.25, 0.3) is 16.9 Å². The van der Waals surface area contributed by atoms with Gasteiger partial charge in [0.15, 0.2) is 11.2 Å². The summed E-state index contributed by atoms with van der Waals surface area (Å²) in [6.07, 6.45) is 2.88. The highest BCUT2D eigenvalue weighted by Gasteiger charge is 2.21. The van der Waals surface area contributed by atoms with Crippen molar-refractivity contribution in [3.05, 3.63) is 68.6 Å². The Balaban J connectivity index is 2.04. The second kappa shape index (κ2) is 6.26. The molecule has 0 N–H and O–H groups in total. The topological polar surface area (TPSA) is 66.2 Å². The van der Waals surface area contributed by atoms with Gasteiger partial charge in [-0.3, -0.25) is 18.3 Å². The fourth-order valence-corrected chi connectivity index (χ4v) is 3.66. The van der Waals surface area contributed by atoms with Crippen LogP contribution in [-0.4, -0.2) is 23.1 Å². The molecule has 0 aliphatic heterocycles. The smallest absolute Gasteiger partial charge is 0.311 e. The molecule has 7 nitrogen and oxygen atoms in total. The second-order valence-electron chi connectivity index (χ2n) is 7.07. The quantitative estimate of drug-likeness (QED) is 0.558. The lowest BCUT2D eigenvalue weighted by molar-refractivity contribution is 0.532. The van der Waals surface area contributed by atoms with Crippen molar-refractivity contribution in [3.8, 4) is 0 Å². The molecule has 1 atom stereocenters. The largest absolute Gasteiger partial charge is 0.332 e. The third-order valence-corrected chi connectivity index (χ3v) is 5.28. The summed E-state index contributed by atoms with van der Waals surface area (Å²) in [6, 6.07) is 9.78. The maximum atomic E-state index is 13.2. The molecule has 0 radical (unpaired) electrons. The van der Waals surface area contributed by atoms with Crippen LogP contribution in [0, 0.1) is 6.92 Å². The summed E-state index contributed by atoms with van der Waals surface area (Å²) in [5.74, 6) is 0.696. The van der Waals surface area contributed by atoms with Crippen LogP contribution in [0.3, 0.4) is 0 Å². The van der Waals surface area contributed by atoms with E-state index in [0.717, 1.165) is 17.7 Å². The number of benzene rings is 1. The molecule has 3 heterocycles. The van der Waals surface area contributed by atoms with Gasteiger partial charge < -0.3 is 4.57 Å². The summed E-state index contributed by atoms with van der Waals surface area (Å²) < 4.78 is 6.68. The normalized spacial score (nSPS) is 12.9. The van der Waals surface area contributed by atoms with Crippen molar-refractivity contribution in [2.75, 3.05) is 0 Å². The molecule has 0 amide bonds. The Kier molecular flexibility index (Phi) is 4.02. The van der Waals surface area contributed by atoms with Crippen LogP contribution in [0.5, 0.6) is 0 Å². The Bertz CT molecular complexity index is 1260.